The number of aldehydes is 1. The molecule has 22 heavy (non-hydrogen) atoms. The molecular formula is C14H13BrClN3O3. The largest absolute Gasteiger partial charge is 0.298 e. The second-order valence-electron chi connectivity index (χ2n) is 5.67. The van der Waals surface area contributed by atoms with Crippen LogP contribution in [0.1, 0.15) is 31.1 Å². The topological polar surface area (TPSA) is 78.0 Å². The second-order valence-corrected chi connectivity index (χ2v) is 6.83. The number of rotatable bonds is 3. The fraction of sp³-hybridized carbons (Fsp3) is 0.286. The van der Waals surface area contributed by atoms with Crippen LogP contribution in [0, 0.1) is 10.1 Å². The summed E-state index contributed by atoms with van der Waals surface area (Å²) in [5.41, 5.74) is 0.476. The third-order valence-electron chi connectivity index (χ3n) is 3.03. The van der Waals surface area contributed by atoms with E-state index in [1.165, 1.54) is 18.2 Å². The Balaban J connectivity index is 2.75. The quantitative estimate of drug-likeness (QED) is 0.444. The van der Waals surface area contributed by atoms with E-state index in [1.54, 1.807) is 4.68 Å². The molecule has 0 radical (unpaired) electrons. The lowest BCUT2D eigenvalue weighted by molar-refractivity contribution is -0.384. The number of nitro groups is 1. The summed E-state index contributed by atoms with van der Waals surface area (Å²) in [4.78, 5) is 21.9. The zero-order valence-electron chi connectivity index (χ0n) is 12.1. The van der Waals surface area contributed by atoms with Gasteiger partial charge in [0, 0.05) is 17.7 Å². The van der Waals surface area contributed by atoms with Gasteiger partial charge in [0.1, 0.15) is 10.3 Å². The van der Waals surface area contributed by atoms with Crippen molar-refractivity contribution in [1.82, 2.24) is 9.78 Å². The summed E-state index contributed by atoms with van der Waals surface area (Å²) in [5.74, 6) is 0. The Labute approximate surface area is 140 Å². The number of carbonyl (C=O) groups is 1. The van der Waals surface area contributed by atoms with Crippen LogP contribution >= 0.6 is 27.5 Å². The molecule has 2 rings (SSSR count). The molecule has 0 N–H and O–H groups in total. The van der Waals surface area contributed by atoms with Crippen LogP contribution in [0.4, 0.5) is 5.69 Å². The Morgan fingerprint density at radius 2 is 2.05 bits per heavy atom. The molecule has 0 aliphatic heterocycles. The molecule has 0 saturated heterocycles. The molecule has 116 valence electrons. The lowest BCUT2D eigenvalue weighted by atomic mass is 10.1. The van der Waals surface area contributed by atoms with E-state index in [0.717, 1.165) is 0 Å². The molecular weight excluding hydrogens is 374 g/mol. The van der Waals surface area contributed by atoms with E-state index in [4.69, 9.17) is 11.6 Å². The number of halogens is 2. The third-order valence-corrected chi connectivity index (χ3v) is 4.13. The van der Waals surface area contributed by atoms with E-state index in [2.05, 4.69) is 21.0 Å². The summed E-state index contributed by atoms with van der Waals surface area (Å²) in [5, 5.41) is 15.6. The molecule has 0 saturated carbocycles. The molecule has 8 heteroatoms. The average molecular weight is 387 g/mol. The highest BCUT2D eigenvalue weighted by Crippen LogP contribution is 2.36. The van der Waals surface area contributed by atoms with E-state index in [-0.39, 0.29) is 11.2 Å². The number of nitro benzene ring substituents is 1. The first-order valence-electron chi connectivity index (χ1n) is 6.35. The lowest BCUT2D eigenvalue weighted by Crippen LogP contribution is -2.23. The highest BCUT2D eigenvalue weighted by atomic mass is 79.9. The van der Waals surface area contributed by atoms with Gasteiger partial charge in [-0.3, -0.25) is 19.6 Å². The van der Waals surface area contributed by atoms with Crippen LogP contribution in [-0.4, -0.2) is 21.0 Å². The van der Waals surface area contributed by atoms with Gasteiger partial charge in [-0.1, -0.05) is 11.6 Å². The molecule has 0 amide bonds. The van der Waals surface area contributed by atoms with Crippen molar-refractivity contribution in [3.05, 3.63) is 43.5 Å². The monoisotopic (exact) mass is 385 g/mol. The smallest absolute Gasteiger partial charge is 0.270 e. The summed E-state index contributed by atoms with van der Waals surface area (Å²) in [7, 11) is 0. The predicted octanol–water partition coefficient (Wildman–Crippen LogP) is 4.44. The Morgan fingerprint density at radius 1 is 1.41 bits per heavy atom. The zero-order chi connectivity index (χ0) is 16.7. The van der Waals surface area contributed by atoms with E-state index >= 15 is 0 Å². The number of hydrogen-bond acceptors (Lipinski definition) is 4. The fourth-order valence-corrected chi connectivity index (χ4v) is 3.07. The maximum atomic E-state index is 11.4. The van der Waals surface area contributed by atoms with Gasteiger partial charge in [-0.05, 0) is 42.8 Å². The van der Waals surface area contributed by atoms with Crippen molar-refractivity contribution in [2.24, 2.45) is 0 Å². The Kier molecular flexibility index (Phi) is 4.39. The minimum Gasteiger partial charge on any atom is -0.298 e. The predicted molar refractivity (Wildman–Crippen MR) is 87.4 cm³/mol. The molecule has 6 nitrogen and oxygen atoms in total. The summed E-state index contributed by atoms with van der Waals surface area (Å²) >= 11 is 9.50. The van der Waals surface area contributed by atoms with Gasteiger partial charge < -0.3 is 0 Å². The number of aromatic nitrogens is 2. The molecule has 1 aromatic carbocycles. The Morgan fingerprint density at radius 3 is 2.55 bits per heavy atom. The summed E-state index contributed by atoms with van der Waals surface area (Å²) in [6.45, 7) is 5.79. The Bertz CT molecular complexity index is 765. The van der Waals surface area contributed by atoms with Crippen molar-refractivity contribution >= 4 is 39.5 Å². The maximum absolute atomic E-state index is 11.4. The second kappa shape index (κ2) is 5.81. The van der Waals surface area contributed by atoms with E-state index in [1.807, 2.05) is 20.8 Å². The highest BCUT2D eigenvalue weighted by Gasteiger charge is 2.26. The van der Waals surface area contributed by atoms with Crippen LogP contribution in [-0.2, 0) is 5.54 Å². The number of nitrogens with zero attached hydrogens (tertiary/aromatic N) is 3. The SMILES string of the molecule is CC(C)(C)n1nc(-c2cc([N+](=O)[O-])ccc2Cl)c(C=O)c1Br. The van der Waals surface area contributed by atoms with Crippen LogP contribution in [0.25, 0.3) is 11.3 Å². The molecule has 1 heterocycles. The van der Waals surface area contributed by atoms with Gasteiger partial charge in [0.15, 0.2) is 6.29 Å². The van der Waals surface area contributed by atoms with Crippen LogP contribution in [0.5, 0.6) is 0 Å². The van der Waals surface area contributed by atoms with Crippen molar-refractivity contribution in [3.63, 3.8) is 0 Å². The number of hydrogen-bond donors (Lipinski definition) is 0. The van der Waals surface area contributed by atoms with Crippen molar-refractivity contribution < 1.29 is 9.72 Å². The van der Waals surface area contributed by atoms with Crippen LogP contribution in [0.15, 0.2) is 22.8 Å². The molecule has 0 bridgehead atoms. The minimum atomic E-state index is -0.518. The van der Waals surface area contributed by atoms with Crippen molar-refractivity contribution in [3.8, 4) is 11.3 Å². The molecule has 0 atom stereocenters. The standard InChI is InChI=1S/C14H13BrClN3O3/c1-14(2,3)18-13(15)10(7-20)12(17-18)9-6-8(19(21)22)4-5-11(9)16/h4-7H,1-3H3. The number of carbonyl (C=O) groups excluding carboxylic acids is 1. The zero-order valence-corrected chi connectivity index (χ0v) is 14.5. The number of benzene rings is 1. The molecule has 0 fully saturated rings. The van der Waals surface area contributed by atoms with Gasteiger partial charge in [-0.2, -0.15) is 5.10 Å². The third kappa shape index (κ3) is 2.91. The molecule has 0 aliphatic carbocycles. The summed E-state index contributed by atoms with van der Waals surface area (Å²) in [6.07, 6.45) is 0.657. The highest BCUT2D eigenvalue weighted by molar-refractivity contribution is 9.10. The minimum absolute atomic E-state index is 0.113. The van der Waals surface area contributed by atoms with Gasteiger partial charge >= 0.3 is 0 Å². The average Bonchev–Trinajstić information content (AvgIpc) is 2.75. The maximum Gasteiger partial charge on any atom is 0.270 e. The van der Waals surface area contributed by atoms with Crippen LogP contribution < -0.4 is 0 Å². The molecule has 2 aromatic rings. The Hall–Kier alpha value is -1.73. The normalized spacial score (nSPS) is 11.5. The summed E-state index contributed by atoms with van der Waals surface area (Å²) < 4.78 is 2.15. The van der Waals surface area contributed by atoms with E-state index in [9.17, 15) is 14.9 Å². The first kappa shape index (κ1) is 16.6. The summed E-state index contributed by atoms with van der Waals surface area (Å²) in [6, 6.07) is 4.05. The van der Waals surface area contributed by atoms with Crippen LogP contribution in [0.3, 0.4) is 0 Å². The lowest BCUT2D eigenvalue weighted by Gasteiger charge is -2.20. The first-order valence-corrected chi connectivity index (χ1v) is 7.52. The number of non-ortho nitro benzene ring substituents is 1. The molecule has 0 unspecified atom stereocenters. The van der Waals surface area contributed by atoms with E-state index < -0.39 is 4.92 Å². The fourth-order valence-electron chi connectivity index (χ4n) is 1.97. The van der Waals surface area contributed by atoms with Gasteiger partial charge in [-0.25, -0.2) is 0 Å². The van der Waals surface area contributed by atoms with Gasteiger partial charge in [0.05, 0.1) is 21.0 Å². The van der Waals surface area contributed by atoms with Crippen molar-refractivity contribution in [1.29, 1.82) is 0 Å². The van der Waals surface area contributed by atoms with Crippen molar-refractivity contribution in [2.45, 2.75) is 26.3 Å². The van der Waals surface area contributed by atoms with Gasteiger partial charge in [0.25, 0.3) is 5.69 Å². The first-order chi connectivity index (χ1) is 10.2. The molecule has 1 aromatic heterocycles. The molecule has 0 aliphatic rings. The van der Waals surface area contributed by atoms with Crippen LogP contribution in [0.2, 0.25) is 5.02 Å². The van der Waals surface area contributed by atoms with Crippen molar-refractivity contribution in [2.75, 3.05) is 0 Å². The van der Waals surface area contributed by atoms with E-state index in [0.29, 0.717) is 32.7 Å². The van der Waals surface area contributed by atoms with Gasteiger partial charge in [0.2, 0.25) is 0 Å². The van der Waals surface area contributed by atoms with Gasteiger partial charge in [-0.15, -0.1) is 0 Å². The molecule has 0 spiro atoms.